The number of nitro groups is 1. The Morgan fingerprint density at radius 3 is 2.38 bits per heavy atom. The van der Waals surface area contributed by atoms with Gasteiger partial charge in [-0.15, -0.1) is 0 Å². The molecule has 2 saturated carbocycles. The average molecular weight is 430 g/mol. The molecule has 1 saturated heterocycles. The van der Waals surface area contributed by atoms with Crippen molar-refractivity contribution >= 4 is 23.2 Å². The first kappa shape index (κ1) is 18.9. The number of carbonyl (C=O) groups excluding carboxylic acids is 2. The highest BCUT2D eigenvalue weighted by Gasteiger charge is 2.61. The number of non-ortho nitro benzene ring substituents is 1. The molecular weight excluding hydrogens is 412 g/mol. The maximum atomic E-state index is 13.1. The van der Waals surface area contributed by atoms with Gasteiger partial charge in [0.2, 0.25) is 17.6 Å². The van der Waals surface area contributed by atoms with E-state index in [1.54, 1.807) is 36.4 Å². The van der Waals surface area contributed by atoms with Crippen LogP contribution in [0.5, 0.6) is 0 Å². The lowest BCUT2D eigenvalue weighted by molar-refractivity contribution is -0.384. The zero-order valence-corrected chi connectivity index (χ0v) is 16.9. The smallest absolute Gasteiger partial charge is 0.270 e. The van der Waals surface area contributed by atoms with Crippen LogP contribution in [0.15, 0.2) is 53.1 Å². The van der Waals surface area contributed by atoms with Crippen LogP contribution < -0.4 is 4.90 Å². The summed E-state index contributed by atoms with van der Waals surface area (Å²) >= 11 is 0. The molecule has 3 aromatic rings. The molecule has 6 rings (SSSR count). The SMILES string of the molecule is O=C1[C@H]2[C@@H]3CC[C@H](C3)[C@@H]2C(=O)N1c1cccc(-c2nc(-c3cccc([N+](=O)[O-])c3)no2)c1. The van der Waals surface area contributed by atoms with Crippen molar-refractivity contribution in [2.75, 3.05) is 4.90 Å². The molecule has 1 aliphatic heterocycles. The van der Waals surface area contributed by atoms with Crippen molar-refractivity contribution in [3.05, 3.63) is 58.6 Å². The van der Waals surface area contributed by atoms with Gasteiger partial charge < -0.3 is 4.52 Å². The summed E-state index contributed by atoms with van der Waals surface area (Å²) in [5.41, 5.74) is 1.45. The summed E-state index contributed by atoms with van der Waals surface area (Å²) in [7, 11) is 0. The molecule has 2 aromatic carbocycles. The van der Waals surface area contributed by atoms with Crippen LogP contribution in [0.25, 0.3) is 22.8 Å². The normalized spacial score (nSPS) is 26.1. The number of rotatable bonds is 4. The lowest BCUT2D eigenvalue weighted by atomic mass is 9.81. The predicted octanol–water partition coefficient (Wildman–Crippen LogP) is 3.85. The second-order valence-corrected chi connectivity index (χ2v) is 8.68. The molecule has 2 aliphatic carbocycles. The molecule has 0 radical (unpaired) electrons. The van der Waals surface area contributed by atoms with Gasteiger partial charge in [-0.2, -0.15) is 4.98 Å². The highest BCUT2D eigenvalue weighted by molar-refractivity contribution is 6.22. The summed E-state index contributed by atoms with van der Waals surface area (Å²) in [6.07, 6.45) is 3.05. The second kappa shape index (κ2) is 6.81. The first-order chi connectivity index (χ1) is 15.5. The van der Waals surface area contributed by atoms with Crippen LogP contribution in [0.2, 0.25) is 0 Å². The van der Waals surface area contributed by atoms with Crippen LogP contribution in [-0.2, 0) is 9.59 Å². The summed E-state index contributed by atoms with van der Waals surface area (Å²) < 4.78 is 5.38. The molecule has 0 N–H and O–H groups in total. The van der Waals surface area contributed by atoms with Crippen molar-refractivity contribution in [3.63, 3.8) is 0 Å². The number of hydrogen-bond donors (Lipinski definition) is 0. The molecule has 2 bridgehead atoms. The van der Waals surface area contributed by atoms with Gasteiger partial charge in [0.25, 0.3) is 11.6 Å². The van der Waals surface area contributed by atoms with E-state index in [1.165, 1.54) is 17.0 Å². The van der Waals surface area contributed by atoms with Crippen molar-refractivity contribution < 1.29 is 19.0 Å². The molecule has 1 aromatic heterocycles. The molecule has 2 amide bonds. The van der Waals surface area contributed by atoms with E-state index in [-0.39, 0.29) is 41.1 Å². The van der Waals surface area contributed by atoms with E-state index in [2.05, 4.69) is 10.1 Å². The molecule has 4 atom stereocenters. The molecular formula is C23H18N4O5. The zero-order valence-electron chi connectivity index (χ0n) is 16.9. The third kappa shape index (κ3) is 2.70. The maximum absolute atomic E-state index is 13.1. The van der Waals surface area contributed by atoms with Gasteiger partial charge in [0, 0.05) is 23.3 Å². The summed E-state index contributed by atoms with van der Waals surface area (Å²) in [5.74, 6) is 0.481. The number of fused-ring (bicyclic) bond motifs is 5. The lowest BCUT2D eigenvalue weighted by Gasteiger charge is -2.19. The van der Waals surface area contributed by atoms with Gasteiger partial charge >= 0.3 is 0 Å². The quantitative estimate of drug-likeness (QED) is 0.350. The summed E-state index contributed by atoms with van der Waals surface area (Å²) in [6.45, 7) is 0. The molecule has 3 fully saturated rings. The van der Waals surface area contributed by atoms with E-state index in [0.717, 1.165) is 19.3 Å². The van der Waals surface area contributed by atoms with E-state index in [4.69, 9.17) is 4.52 Å². The molecule has 0 spiro atoms. The first-order valence-electron chi connectivity index (χ1n) is 10.6. The van der Waals surface area contributed by atoms with Crippen LogP contribution in [0.4, 0.5) is 11.4 Å². The minimum Gasteiger partial charge on any atom is -0.334 e. The second-order valence-electron chi connectivity index (χ2n) is 8.68. The van der Waals surface area contributed by atoms with Gasteiger partial charge in [0.15, 0.2) is 0 Å². The minimum absolute atomic E-state index is 0.0681. The Kier molecular flexibility index (Phi) is 4.01. The van der Waals surface area contributed by atoms with E-state index >= 15 is 0 Å². The van der Waals surface area contributed by atoms with Gasteiger partial charge in [0.05, 0.1) is 22.4 Å². The molecule has 3 aliphatic rings. The third-order valence-corrected chi connectivity index (χ3v) is 7.02. The first-order valence-corrected chi connectivity index (χ1v) is 10.6. The maximum Gasteiger partial charge on any atom is 0.270 e. The molecule has 160 valence electrons. The Balaban J connectivity index is 1.31. The van der Waals surface area contributed by atoms with Gasteiger partial charge in [-0.05, 0) is 49.3 Å². The highest BCUT2D eigenvalue weighted by atomic mass is 16.6. The van der Waals surface area contributed by atoms with Crippen molar-refractivity contribution in [2.45, 2.75) is 19.3 Å². The van der Waals surface area contributed by atoms with E-state index in [0.29, 0.717) is 28.7 Å². The molecule has 0 unspecified atom stereocenters. The van der Waals surface area contributed by atoms with Crippen molar-refractivity contribution in [2.24, 2.45) is 23.7 Å². The van der Waals surface area contributed by atoms with Crippen LogP contribution in [0.1, 0.15) is 19.3 Å². The summed E-state index contributed by atoms with van der Waals surface area (Å²) in [6, 6.07) is 12.9. The van der Waals surface area contributed by atoms with Gasteiger partial charge in [-0.1, -0.05) is 23.4 Å². The molecule has 9 heteroatoms. The number of nitro benzene ring substituents is 1. The summed E-state index contributed by atoms with van der Waals surface area (Å²) in [4.78, 5) is 42.4. The topological polar surface area (TPSA) is 119 Å². The van der Waals surface area contributed by atoms with Crippen LogP contribution in [0, 0.1) is 33.8 Å². The number of aromatic nitrogens is 2. The van der Waals surface area contributed by atoms with Gasteiger partial charge in [-0.25, -0.2) is 0 Å². The highest BCUT2D eigenvalue weighted by Crippen LogP contribution is 2.56. The average Bonchev–Trinajstić information content (AvgIpc) is 3.58. The Labute approximate surface area is 182 Å². The zero-order chi connectivity index (χ0) is 22.0. The van der Waals surface area contributed by atoms with Crippen LogP contribution in [0.3, 0.4) is 0 Å². The number of hydrogen-bond acceptors (Lipinski definition) is 7. The van der Waals surface area contributed by atoms with Gasteiger partial charge in [0.1, 0.15) is 0 Å². The number of nitrogens with zero attached hydrogens (tertiary/aromatic N) is 4. The fourth-order valence-corrected chi connectivity index (χ4v) is 5.66. The van der Waals surface area contributed by atoms with Gasteiger partial charge in [-0.3, -0.25) is 24.6 Å². The standard InChI is InChI=1S/C23H18N4O5/c28-22-18-12-7-8-13(9-12)19(18)23(29)26(22)16-5-2-4-15(11-16)21-24-20(25-32-21)14-3-1-6-17(10-14)27(30)31/h1-6,10-13,18-19H,7-9H2/t12-,13-,18+,19+/m1/s1. The number of anilines is 1. The Morgan fingerprint density at radius 1 is 0.969 bits per heavy atom. The minimum atomic E-state index is -0.487. The van der Waals surface area contributed by atoms with Crippen molar-refractivity contribution in [3.8, 4) is 22.8 Å². The lowest BCUT2D eigenvalue weighted by Crippen LogP contribution is -2.32. The molecule has 2 heterocycles. The number of benzene rings is 2. The number of imide groups is 1. The van der Waals surface area contributed by atoms with Crippen LogP contribution in [-0.4, -0.2) is 26.9 Å². The fraction of sp³-hybridized carbons (Fsp3) is 0.304. The van der Waals surface area contributed by atoms with Crippen molar-refractivity contribution in [1.29, 1.82) is 0 Å². The van der Waals surface area contributed by atoms with Crippen molar-refractivity contribution in [1.82, 2.24) is 10.1 Å². The fourth-order valence-electron chi connectivity index (χ4n) is 5.66. The molecule has 32 heavy (non-hydrogen) atoms. The Hall–Kier alpha value is -3.88. The molecule has 9 nitrogen and oxygen atoms in total. The third-order valence-electron chi connectivity index (χ3n) is 7.02. The largest absolute Gasteiger partial charge is 0.334 e. The monoisotopic (exact) mass is 430 g/mol. The van der Waals surface area contributed by atoms with E-state index < -0.39 is 4.92 Å². The number of carbonyl (C=O) groups is 2. The van der Waals surface area contributed by atoms with Crippen LogP contribution >= 0.6 is 0 Å². The van der Waals surface area contributed by atoms with E-state index in [1.807, 2.05) is 0 Å². The Morgan fingerprint density at radius 2 is 1.66 bits per heavy atom. The predicted molar refractivity (Wildman–Crippen MR) is 112 cm³/mol. The summed E-state index contributed by atoms with van der Waals surface area (Å²) in [5, 5.41) is 15.0. The Bertz CT molecular complexity index is 1260. The number of amides is 2. The van der Waals surface area contributed by atoms with E-state index in [9.17, 15) is 19.7 Å².